The van der Waals surface area contributed by atoms with Crippen LogP contribution in [0.25, 0.3) is 16.8 Å². The normalized spacial score (nSPS) is 18.3. The Morgan fingerprint density at radius 1 is 1.08 bits per heavy atom. The van der Waals surface area contributed by atoms with Gasteiger partial charge in [-0.15, -0.1) is 0 Å². The van der Waals surface area contributed by atoms with Gasteiger partial charge in [-0.3, -0.25) is 9.59 Å². The second-order valence-corrected chi connectivity index (χ2v) is 9.60. The molecule has 8 nitrogen and oxygen atoms in total. The average Bonchev–Trinajstić information content (AvgIpc) is 3.39. The molecule has 0 unspecified atom stereocenters. The molecule has 1 fully saturated rings. The van der Waals surface area contributed by atoms with E-state index in [0.29, 0.717) is 12.1 Å². The monoisotopic (exact) mass is 560 g/mol. The summed E-state index contributed by atoms with van der Waals surface area (Å²) < 4.78 is 97.8. The molecule has 1 saturated heterocycles. The SMILES string of the molecule is CC(C)CC(=O)N1C[C@H](F)[C@H](NC(=O)c2cc(-c3cc(C(F)(F)F)c4c(N)ncnn34)ccc2C(F)(F)F)C1. The van der Waals surface area contributed by atoms with Gasteiger partial charge in [-0.1, -0.05) is 19.9 Å². The second kappa shape index (κ2) is 10.0. The standard InChI is InChI=1S/C24H23F7N6O2/c1-11(2)5-19(38)36-8-16(25)17(9-36)35-22(39)13-6-12(3-4-14(13)23(26,27)28)18-7-15(24(29,30)31)20-21(32)33-10-34-37(18)20/h3-4,6-7,10-11,16-17H,5,8-9H2,1-2H3,(H,35,39)(H2,32,33,34)/t16-,17+/m0/s1. The van der Waals surface area contributed by atoms with Gasteiger partial charge in [0.05, 0.1) is 35.0 Å². The van der Waals surface area contributed by atoms with E-state index in [-0.39, 0.29) is 42.6 Å². The molecule has 39 heavy (non-hydrogen) atoms. The molecule has 2 atom stereocenters. The molecule has 3 heterocycles. The number of nitrogen functional groups attached to an aromatic ring is 1. The zero-order valence-electron chi connectivity index (χ0n) is 20.6. The minimum absolute atomic E-state index is 0.00935. The molecule has 1 aliphatic rings. The van der Waals surface area contributed by atoms with Crippen LogP contribution in [0.4, 0.5) is 36.6 Å². The van der Waals surface area contributed by atoms with Gasteiger partial charge in [0.25, 0.3) is 5.91 Å². The molecule has 4 rings (SSSR count). The van der Waals surface area contributed by atoms with E-state index in [0.717, 1.165) is 23.0 Å². The van der Waals surface area contributed by atoms with E-state index in [1.165, 1.54) is 4.90 Å². The van der Waals surface area contributed by atoms with Crippen LogP contribution in [-0.2, 0) is 17.1 Å². The first kappa shape index (κ1) is 28.1. The average molecular weight is 560 g/mol. The van der Waals surface area contributed by atoms with Crippen LogP contribution in [0, 0.1) is 5.92 Å². The number of alkyl halides is 7. The number of fused-ring (bicyclic) bond motifs is 1. The molecule has 15 heteroatoms. The summed E-state index contributed by atoms with van der Waals surface area (Å²) in [6.07, 6.45) is -10.6. The van der Waals surface area contributed by atoms with Crippen LogP contribution >= 0.6 is 0 Å². The molecule has 210 valence electrons. The highest BCUT2D eigenvalue weighted by molar-refractivity contribution is 5.97. The molecule has 3 aromatic rings. The predicted molar refractivity (Wildman–Crippen MR) is 125 cm³/mol. The maximum Gasteiger partial charge on any atom is 0.418 e. The van der Waals surface area contributed by atoms with Crippen LogP contribution in [0.15, 0.2) is 30.6 Å². The largest absolute Gasteiger partial charge is 0.418 e. The second-order valence-electron chi connectivity index (χ2n) is 9.60. The zero-order chi connectivity index (χ0) is 28.9. The topological polar surface area (TPSA) is 106 Å². The predicted octanol–water partition coefficient (Wildman–Crippen LogP) is 4.34. The summed E-state index contributed by atoms with van der Waals surface area (Å²) in [5.41, 5.74) is 0.953. The van der Waals surface area contributed by atoms with Crippen molar-refractivity contribution in [3.05, 3.63) is 47.3 Å². The van der Waals surface area contributed by atoms with Gasteiger partial charge < -0.3 is 16.0 Å². The fourth-order valence-corrected chi connectivity index (χ4v) is 4.46. The van der Waals surface area contributed by atoms with Gasteiger partial charge in [0.15, 0.2) is 5.82 Å². The lowest BCUT2D eigenvalue weighted by atomic mass is 10.00. The minimum atomic E-state index is -5.01. The number of benzene rings is 1. The van der Waals surface area contributed by atoms with Crippen molar-refractivity contribution in [3.8, 4) is 11.3 Å². The van der Waals surface area contributed by atoms with Gasteiger partial charge in [0.1, 0.15) is 18.0 Å². The highest BCUT2D eigenvalue weighted by Crippen LogP contribution is 2.40. The molecule has 2 aromatic heterocycles. The Labute approximate surface area is 217 Å². The number of amides is 2. The van der Waals surface area contributed by atoms with Gasteiger partial charge in [0, 0.05) is 18.5 Å². The number of halogens is 7. The van der Waals surface area contributed by atoms with Crippen molar-refractivity contribution in [2.45, 2.75) is 44.8 Å². The Morgan fingerprint density at radius 3 is 2.36 bits per heavy atom. The van der Waals surface area contributed by atoms with Crippen molar-refractivity contribution in [1.82, 2.24) is 24.8 Å². The molecular weight excluding hydrogens is 537 g/mol. The van der Waals surface area contributed by atoms with Crippen LogP contribution in [-0.4, -0.2) is 56.6 Å². The van der Waals surface area contributed by atoms with E-state index in [9.17, 15) is 40.3 Å². The van der Waals surface area contributed by atoms with Crippen LogP contribution in [0.3, 0.4) is 0 Å². The molecule has 0 aliphatic carbocycles. The van der Waals surface area contributed by atoms with Crippen molar-refractivity contribution < 1.29 is 40.3 Å². The number of rotatable bonds is 5. The van der Waals surface area contributed by atoms with Crippen molar-refractivity contribution >= 4 is 23.1 Å². The Hall–Kier alpha value is -3.91. The van der Waals surface area contributed by atoms with Crippen LogP contribution < -0.4 is 11.1 Å². The third kappa shape index (κ3) is 5.61. The van der Waals surface area contributed by atoms with Gasteiger partial charge >= 0.3 is 12.4 Å². The number of hydrogen-bond acceptors (Lipinski definition) is 5. The first-order chi connectivity index (χ1) is 18.1. The Bertz CT molecular complexity index is 1420. The van der Waals surface area contributed by atoms with Crippen molar-refractivity contribution in [1.29, 1.82) is 0 Å². The van der Waals surface area contributed by atoms with E-state index in [4.69, 9.17) is 5.73 Å². The molecular formula is C24H23F7N6O2. The van der Waals surface area contributed by atoms with Gasteiger partial charge in [-0.2, -0.15) is 31.4 Å². The number of likely N-dealkylation sites (tertiary alicyclic amines) is 1. The zero-order valence-corrected chi connectivity index (χ0v) is 20.6. The maximum absolute atomic E-state index is 14.7. The van der Waals surface area contributed by atoms with Gasteiger partial charge in [0.2, 0.25) is 5.91 Å². The fourth-order valence-electron chi connectivity index (χ4n) is 4.46. The molecule has 0 radical (unpaired) electrons. The number of carbonyl (C=O) groups excluding carboxylic acids is 2. The van der Waals surface area contributed by atoms with Gasteiger partial charge in [-0.25, -0.2) is 13.9 Å². The number of aromatic nitrogens is 3. The lowest BCUT2D eigenvalue weighted by molar-refractivity contribution is -0.138. The Morgan fingerprint density at radius 2 is 1.74 bits per heavy atom. The summed E-state index contributed by atoms with van der Waals surface area (Å²) in [5.74, 6) is -2.18. The number of carbonyl (C=O) groups is 2. The third-order valence-electron chi connectivity index (χ3n) is 6.25. The molecule has 2 amide bonds. The first-order valence-corrected chi connectivity index (χ1v) is 11.7. The van der Waals surface area contributed by atoms with E-state index < -0.39 is 58.5 Å². The third-order valence-corrected chi connectivity index (χ3v) is 6.25. The molecule has 0 spiro atoms. The minimum Gasteiger partial charge on any atom is -0.382 e. The molecule has 3 N–H and O–H groups in total. The number of nitrogens with zero attached hydrogens (tertiary/aromatic N) is 4. The van der Waals surface area contributed by atoms with Crippen molar-refractivity contribution in [2.75, 3.05) is 18.8 Å². The van der Waals surface area contributed by atoms with E-state index in [1.807, 2.05) is 0 Å². The summed E-state index contributed by atoms with van der Waals surface area (Å²) in [4.78, 5) is 30.0. The van der Waals surface area contributed by atoms with E-state index in [1.54, 1.807) is 13.8 Å². The Balaban J connectivity index is 1.73. The smallest absolute Gasteiger partial charge is 0.382 e. The van der Waals surface area contributed by atoms with Gasteiger partial charge in [-0.05, 0) is 24.1 Å². The number of nitrogens with one attached hydrogen (secondary N) is 1. The van der Waals surface area contributed by atoms with E-state index >= 15 is 0 Å². The fraction of sp³-hybridized carbons (Fsp3) is 0.417. The molecule has 1 aliphatic heterocycles. The highest BCUT2D eigenvalue weighted by Gasteiger charge is 2.40. The summed E-state index contributed by atoms with van der Waals surface area (Å²) in [6.45, 7) is 3.00. The molecule has 0 saturated carbocycles. The summed E-state index contributed by atoms with van der Waals surface area (Å²) in [5, 5.41) is 5.96. The summed E-state index contributed by atoms with van der Waals surface area (Å²) >= 11 is 0. The maximum atomic E-state index is 14.7. The van der Waals surface area contributed by atoms with Crippen LogP contribution in [0.2, 0.25) is 0 Å². The number of anilines is 1. The number of nitrogens with two attached hydrogens (primary N) is 1. The highest BCUT2D eigenvalue weighted by atomic mass is 19.4. The van der Waals surface area contributed by atoms with Crippen molar-refractivity contribution in [3.63, 3.8) is 0 Å². The molecule has 1 aromatic carbocycles. The Kier molecular flexibility index (Phi) is 7.21. The first-order valence-electron chi connectivity index (χ1n) is 11.7. The summed E-state index contributed by atoms with van der Waals surface area (Å²) in [7, 11) is 0. The lowest BCUT2D eigenvalue weighted by Gasteiger charge is -2.19. The van der Waals surface area contributed by atoms with Crippen LogP contribution in [0.1, 0.15) is 41.8 Å². The summed E-state index contributed by atoms with van der Waals surface area (Å²) in [6, 6.07) is 1.54. The quantitative estimate of drug-likeness (QED) is 0.452. The van der Waals surface area contributed by atoms with Crippen molar-refractivity contribution in [2.24, 2.45) is 5.92 Å². The lowest BCUT2D eigenvalue weighted by Crippen LogP contribution is -2.42. The van der Waals surface area contributed by atoms with E-state index in [2.05, 4.69) is 15.4 Å². The molecule has 0 bridgehead atoms. The van der Waals surface area contributed by atoms with Crippen LogP contribution in [0.5, 0.6) is 0 Å². The number of hydrogen-bond donors (Lipinski definition) is 2.